The van der Waals surface area contributed by atoms with Crippen molar-refractivity contribution < 1.29 is 32.6 Å². The number of amides is 2. The highest BCUT2D eigenvalue weighted by Crippen LogP contribution is 2.32. The van der Waals surface area contributed by atoms with Crippen molar-refractivity contribution >= 4 is 33.8 Å². The van der Waals surface area contributed by atoms with Gasteiger partial charge in [-0.05, 0) is 75.9 Å². The summed E-state index contributed by atoms with van der Waals surface area (Å²) in [6.45, 7) is 7.06. The molecule has 3 N–H and O–H groups in total. The first-order valence-electron chi connectivity index (χ1n) is 12.0. The molecule has 1 aliphatic rings. The van der Waals surface area contributed by atoms with E-state index in [1.807, 2.05) is 31.4 Å². The van der Waals surface area contributed by atoms with Gasteiger partial charge < -0.3 is 19.5 Å². The van der Waals surface area contributed by atoms with Crippen LogP contribution in [0.5, 0.6) is 11.5 Å². The van der Waals surface area contributed by atoms with Crippen molar-refractivity contribution in [2.45, 2.75) is 68.2 Å². The normalized spacial score (nSPS) is 17.8. The molecule has 0 saturated carbocycles. The molecule has 3 rings (SSSR count). The second-order valence-electron chi connectivity index (χ2n) is 10.3. The number of likely N-dealkylation sites (tertiary alicyclic amines) is 1. The molecule has 0 spiro atoms. The molecule has 0 aromatic heterocycles. The zero-order chi connectivity index (χ0) is 28.4. The highest BCUT2D eigenvalue weighted by atomic mass is 32.2. The number of sulfonamides is 1. The minimum Gasteiger partial charge on any atom is -0.457 e. The Balaban J connectivity index is 1.88. The third kappa shape index (κ3) is 7.40. The van der Waals surface area contributed by atoms with Crippen LogP contribution in [0.3, 0.4) is 0 Å². The second-order valence-corrected chi connectivity index (χ2v) is 12.7. The molecule has 2 atom stereocenters. The first-order chi connectivity index (χ1) is 17.6. The lowest BCUT2D eigenvalue weighted by Gasteiger charge is -2.30. The van der Waals surface area contributed by atoms with Crippen LogP contribution in [0.1, 0.15) is 38.3 Å². The molecule has 38 heavy (non-hydrogen) atoms. The van der Waals surface area contributed by atoms with Crippen LogP contribution in [0, 0.1) is 6.92 Å². The lowest BCUT2D eigenvalue weighted by atomic mass is 10.1. The van der Waals surface area contributed by atoms with Gasteiger partial charge in [0.1, 0.15) is 23.1 Å². The number of carbonyl (C=O) groups excluding carboxylic acids is 2. The molecule has 0 aliphatic carbocycles. The Labute approximate surface area is 228 Å². The van der Waals surface area contributed by atoms with Crippen molar-refractivity contribution in [1.82, 2.24) is 9.80 Å². The molecule has 208 valence electrons. The Hall–Kier alpha value is -2.80. The molecule has 12 heteroatoms. The number of hydrogen-bond donors (Lipinski definition) is 2. The van der Waals surface area contributed by atoms with E-state index in [1.165, 1.54) is 35.0 Å². The predicted octanol–water partition coefficient (Wildman–Crippen LogP) is 3.49. The van der Waals surface area contributed by atoms with Gasteiger partial charge in [0.05, 0.1) is 17.5 Å². The number of ether oxygens (including phenoxy) is 2. The number of thioether (sulfide) groups is 1. The highest BCUT2D eigenvalue weighted by molar-refractivity contribution is 7.98. The van der Waals surface area contributed by atoms with E-state index in [0.717, 1.165) is 10.5 Å². The van der Waals surface area contributed by atoms with Gasteiger partial charge in [-0.3, -0.25) is 9.69 Å². The maximum atomic E-state index is 13.4. The minimum absolute atomic E-state index is 0.0280. The molecule has 0 bridgehead atoms. The van der Waals surface area contributed by atoms with E-state index in [0.29, 0.717) is 17.1 Å². The maximum absolute atomic E-state index is 13.4. The van der Waals surface area contributed by atoms with Crippen LogP contribution in [0.4, 0.5) is 4.79 Å². The Morgan fingerprint density at radius 3 is 2.47 bits per heavy atom. The number of hydrogen-bond acceptors (Lipinski definition) is 8. The van der Waals surface area contributed by atoms with Crippen molar-refractivity contribution in [3.8, 4) is 11.5 Å². The summed E-state index contributed by atoms with van der Waals surface area (Å²) in [5, 5.41) is 15.6. The largest absolute Gasteiger partial charge is 0.457 e. The first-order valence-corrected chi connectivity index (χ1v) is 14.8. The van der Waals surface area contributed by atoms with Crippen LogP contribution in [0.15, 0.2) is 46.2 Å². The number of nitrogens with zero attached hydrogens (tertiary/aromatic N) is 2. The van der Waals surface area contributed by atoms with Gasteiger partial charge in [-0.25, -0.2) is 18.4 Å². The lowest BCUT2D eigenvalue weighted by molar-refractivity contribution is -0.135. The van der Waals surface area contributed by atoms with Crippen molar-refractivity contribution in [3.05, 3.63) is 47.5 Å². The number of benzene rings is 2. The van der Waals surface area contributed by atoms with Gasteiger partial charge in [-0.15, -0.1) is 11.8 Å². The molecule has 2 amide bonds. The van der Waals surface area contributed by atoms with E-state index in [9.17, 15) is 23.1 Å². The molecule has 0 unspecified atom stereocenters. The van der Waals surface area contributed by atoms with E-state index >= 15 is 0 Å². The summed E-state index contributed by atoms with van der Waals surface area (Å²) in [5.74, 6) is 0.470. The zero-order valence-electron chi connectivity index (χ0n) is 22.4. The highest BCUT2D eigenvalue weighted by Gasteiger charge is 2.42. The van der Waals surface area contributed by atoms with Gasteiger partial charge in [0.25, 0.3) is 0 Å². The minimum atomic E-state index is -4.01. The molecule has 2 aromatic rings. The van der Waals surface area contributed by atoms with Crippen LogP contribution in [0.25, 0.3) is 0 Å². The fourth-order valence-corrected chi connectivity index (χ4v) is 5.30. The third-order valence-electron chi connectivity index (χ3n) is 5.93. The van der Waals surface area contributed by atoms with Crippen molar-refractivity contribution in [2.24, 2.45) is 5.14 Å². The maximum Gasteiger partial charge on any atom is 0.411 e. The van der Waals surface area contributed by atoms with Crippen LogP contribution in [-0.2, 0) is 26.1 Å². The summed E-state index contributed by atoms with van der Waals surface area (Å²) in [4.78, 5) is 29.7. The molecule has 1 aliphatic heterocycles. The van der Waals surface area contributed by atoms with Crippen LogP contribution in [-0.4, -0.2) is 72.9 Å². The standard InChI is InChI=1S/C26H35N3O7S2/c1-16-11-19(7-10-23(16)37-6)35-22-9-8-20(38(27,33)34)12-17(22)14-28(5)24(31)21-13-18(30)15-29(21)25(32)36-26(2,3)4/h7-12,18,21,30H,13-15H2,1-6H3,(H2,27,33,34)/t18-,21-/m1/s1. The summed E-state index contributed by atoms with van der Waals surface area (Å²) in [6, 6.07) is 8.89. The van der Waals surface area contributed by atoms with Gasteiger partial charge in [0, 0.05) is 30.5 Å². The zero-order valence-corrected chi connectivity index (χ0v) is 24.1. The van der Waals surface area contributed by atoms with E-state index < -0.39 is 39.8 Å². The Morgan fingerprint density at radius 1 is 1.21 bits per heavy atom. The van der Waals surface area contributed by atoms with E-state index in [2.05, 4.69) is 0 Å². The van der Waals surface area contributed by atoms with Crippen molar-refractivity contribution in [1.29, 1.82) is 0 Å². The van der Waals surface area contributed by atoms with E-state index in [4.69, 9.17) is 14.6 Å². The van der Waals surface area contributed by atoms with Crippen LogP contribution >= 0.6 is 11.8 Å². The van der Waals surface area contributed by atoms with Gasteiger partial charge in [0.15, 0.2) is 0 Å². The summed E-state index contributed by atoms with van der Waals surface area (Å²) >= 11 is 1.61. The number of nitrogens with two attached hydrogens (primary N) is 1. The molecule has 0 radical (unpaired) electrons. The quantitative estimate of drug-likeness (QED) is 0.487. The Kier molecular flexibility index (Phi) is 9.02. The second kappa shape index (κ2) is 11.5. The fourth-order valence-electron chi connectivity index (χ4n) is 4.16. The number of aliphatic hydroxyl groups is 1. The third-order valence-corrected chi connectivity index (χ3v) is 7.74. The van der Waals surface area contributed by atoms with Crippen LogP contribution < -0.4 is 9.88 Å². The van der Waals surface area contributed by atoms with Gasteiger partial charge in [-0.2, -0.15) is 0 Å². The summed E-state index contributed by atoms with van der Waals surface area (Å²) in [5.41, 5.74) is 0.657. The summed E-state index contributed by atoms with van der Waals surface area (Å²) in [7, 11) is -2.48. The lowest BCUT2D eigenvalue weighted by Crippen LogP contribution is -2.47. The molecule has 1 fully saturated rings. The molecule has 1 saturated heterocycles. The number of primary sulfonamides is 1. The number of aryl methyl sites for hydroxylation is 1. The molecule has 10 nitrogen and oxygen atoms in total. The number of β-amino-alcohol motifs (C(OH)–C–C–N with tert-alkyl or cyclic N) is 1. The average molecular weight is 566 g/mol. The topological polar surface area (TPSA) is 139 Å². The predicted molar refractivity (Wildman–Crippen MR) is 145 cm³/mol. The number of rotatable bonds is 7. The molecular formula is C26H35N3O7S2. The van der Waals surface area contributed by atoms with Gasteiger partial charge in [0.2, 0.25) is 15.9 Å². The molecule has 2 aromatic carbocycles. The van der Waals surface area contributed by atoms with Gasteiger partial charge >= 0.3 is 6.09 Å². The fraction of sp³-hybridized carbons (Fsp3) is 0.462. The first kappa shape index (κ1) is 29.8. The Bertz CT molecular complexity index is 1310. The van der Waals surface area contributed by atoms with E-state index in [-0.39, 0.29) is 24.4 Å². The van der Waals surface area contributed by atoms with Gasteiger partial charge in [-0.1, -0.05) is 0 Å². The molecule has 1 heterocycles. The number of likely N-dealkylation sites (N-methyl/N-ethyl adjacent to an activating group) is 1. The average Bonchev–Trinajstić information content (AvgIpc) is 3.20. The molecular weight excluding hydrogens is 530 g/mol. The van der Waals surface area contributed by atoms with Crippen LogP contribution in [0.2, 0.25) is 0 Å². The monoisotopic (exact) mass is 565 g/mol. The number of carbonyl (C=O) groups is 2. The van der Waals surface area contributed by atoms with Crippen molar-refractivity contribution in [2.75, 3.05) is 19.8 Å². The van der Waals surface area contributed by atoms with Crippen molar-refractivity contribution in [3.63, 3.8) is 0 Å². The Morgan fingerprint density at radius 2 is 1.89 bits per heavy atom. The van der Waals surface area contributed by atoms with E-state index in [1.54, 1.807) is 32.5 Å². The summed E-state index contributed by atoms with van der Waals surface area (Å²) < 4.78 is 35.6. The SMILES string of the molecule is CSc1ccc(Oc2ccc(S(N)(=O)=O)cc2CN(C)C(=O)[C@H]2C[C@@H](O)CN2C(=O)OC(C)(C)C)cc1C. The summed E-state index contributed by atoms with van der Waals surface area (Å²) in [6.07, 6.45) is 0.476. The smallest absolute Gasteiger partial charge is 0.411 e. The number of aliphatic hydroxyl groups excluding tert-OH is 1.